The fourth-order valence-electron chi connectivity index (χ4n) is 3.57. The van der Waals surface area contributed by atoms with Crippen LogP contribution in [0.25, 0.3) is 11.4 Å². The second-order valence-corrected chi connectivity index (χ2v) is 7.70. The van der Waals surface area contributed by atoms with Crippen molar-refractivity contribution in [3.63, 3.8) is 0 Å². The van der Waals surface area contributed by atoms with Crippen molar-refractivity contribution < 1.29 is 18.5 Å². The van der Waals surface area contributed by atoms with Crippen LogP contribution in [0.1, 0.15) is 51.3 Å². The molecule has 1 aromatic carbocycles. The first-order valence-electron chi connectivity index (χ1n) is 10.7. The summed E-state index contributed by atoms with van der Waals surface area (Å²) < 4.78 is 18.3. The number of halogens is 1. The first-order chi connectivity index (χ1) is 14.6. The summed E-state index contributed by atoms with van der Waals surface area (Å²) in [7, 11) is 0. The lowest BCUT2D eigenvalue weighted by Gasteiger charge is -2.32. The number of carbonyl (C=O) groups is 2. The lowest BCUT2D eigenvalue weighted by Crippen LogP contribution is -2.45. The number of hydrogen-bond acceptors (Lipinski definition) is 5. The minimum atomic E-state index is -0.320. The van der Waals surface area contributed by atoms with E-state index >= 15 is 0 Å². The van der Waals surface area contributed by atoms with Crippen LogP contribution in [0.15, 0.2) is 28.8 Å². The third kappa shape index (κ3) is 6.11. The molecule has 1 aromatic heterocycles. The van der Waals surface area contributed by atoms with Crippen LogP contribution >= 0.6 is 0 Å². The van der Waals surface area contributed by atoms with Gasteiger partial charge < -0.3 is 14.7 Å². The molecular formula is C22H29FN4O3. The molecule has 0 aliphatic carbocycles. The Morgan fingerprint density at radius 1 is 1.27 bits per heavy atom. The number of nitrogens with one attached hydrogen (secondary N) is 1. The summed E-state index contributed by atoms with van der Waals surface area (Å²) in [4.78, 5) is 31.0. The second kappa shape index (κ2) is 10.8. The molecule has 3 rings (SSSR count). The van der Waals surface area contributed by atoms with Crippen LogP contribution in [0.4, 0.5) is 4.39 Å². The molecule has 0 saturated carbocycles. The van der Waals surface area contributed by atoms with Crippen LogP contribution in [-0.4, -0.2) is 46.5 Å². The van der Waals surface area contributed by atoms with Gasteiger partial charge in [0.2, 0.25) is 23.5 Å². The number of hydrogen-bond donors (Lipinski definition) is 1. The maximum absolute atomic E-state index is 13.0. The smallest absolute Gasteiger partial charge is 0.226 e. The molecule has 1 fully saturated rings. The van der Waals surface area contributed by atoms with Crippen molar-refractivity contribution in [1.82, 2.24) is 20.4 Å². The Bertz CT molecular complexity index is 837. The Hall–Kier alpha value is -2.77. The summed E-state index contributed by atoms with van der Waals surface area (Å²) in [6, 6.07) is 5.89. The maximum atomic E-state index is 13.0. The molecule has 8 heteroatoms. The topological polar surface area (TPSA) is 88.3 Å². The molecule has 2 aromatic rings. The molecule has 1 aliphatic rings. The molecule has 1 saturated heterocycles. The first kappa shape index (κ1) is 21.9. The van der Waals surface area contributed by atoms with Gasteiger partial charge in [0.25, 0.3) is 0 Å². The summed E-state index contributed by atoms with van der Waals surface area (Å²) in [6.45, 7) is 3.98. The van der Waals surface area contributed by atoms with Gasteiger partial charge in [-0.25, -0.2) is 4.39 Å². The lowest BCUT2D eigenvalue weighted by atomic mass is 9.96. The highest BCUT2D eigenvalue weighted by atomic mass is 19.1. The van der Waals surface area contributed by atoms with Crippen molar-refractivity contribution in [2.45, 2.75) is 51.9 Å². The highest BCUT2D eigenvalue weighted by Gasteiger charge is 2.28. The van der Waals surface area contributed by atoms with Crippen molar-refractivity contribution in [2.75, 3.05) is 19.6 Å². The van der Waals surface area contributed by atoms with E-state index in [9.17, 15) is 14.0 Å². The van der Waals surface area contributed by atoms with E-state index in [0.717, 1.165) is 25.7 Å². The number of rotatable bonds is 9. The zero-order valence-corrected chi connectivity index (χ0v) is 17.4. The summed E-state index contributed by atoms with van der Waals surface area (Å²) >= 11 is 0. The first-order valence-corrected chi connectivity index (χ1v) is 10.7. The molecule has 30 heavy (non-hydrogen) atoms. The summed E-state index contributed by atoms with van der Waals surface area (Å²) in [6.07, 6.45) is 5.15. The van der Waals surface area contributed by atoms with Crippen molar-refractivity contribution in [3.05, 3.63) is 36.0 Å². The van der Waals surface area contributed by atoms with Crippen molar-refractivity contribution >= 4 is 11.8 Å². The Balaban J connectivity index is 1.43. The standard InChI is InChI=1S/C22H29FN4O3/c1-2-3-13-24-22(29)17-6-5-14-27(15-17)20(28)8-4-7-19-25-21(26-30-19)16-9-11-18(23)12-10-16/h9-12,17H,2-8,13-15H2,1H3,(H,24,29). The van der Waals surface area contributed by atoms with Crippen molar-refractivity contribution in [3.8, 4) is 11.4 Å². The fraction of sp³-hybridized carbons (Fsp3) is 0.545. The molecule has 1 unspecified atom stereocenters. The lowest BCUT2D eigenvalue weighted by molar-refractivity contribution is -0.135. The number of benzene rings is 1. The molecule has 0 spiro atoms. The number of likely N-dealkylation sites (tertiary alicyclic amines) is 1. The van der Waals surface area contributed by atoms with E-state index in [1.807, 2.05) is 0 Å². The van der Waals surface area contributed by atoms with Gasteiger partial charge in [0.05, 0.1) is 5.92 Å². The van der Waals surface area contributed by atoms with Crippen LogP contribution in [0, 0.1) is 11.7 Å². The number of unbranched alkanes of at least 4 members (excludes halogenated alkanes) is 1. The van der Waals surface area contributed by atoms with Gasteiger partial charge in [-0.2, -0.15) is 4.98 Å². The predicted octanol–water partition coefficient (Wildman–Crippen LogP) is 3.35. The highest BCUT2D eigenvalue weighted by Crippen LogP contribution is 2.19. The average molecular weight is 416 g/mol. The molecule has 0 bridgehead atoms. The normalized spacial score (nSPS) is 16.5. The molecular weight excluding hydrogens is 387 g/mol. The SMILES string of the molecule is CCCCNC(=O)C1CCCN(C(=O)CCCc2nc(-c3ccc(F)cc3)no2)C1. The van der Waals surface area contributed by atoms with Crippen LogP contribution < -0.4 is 5.32 Å². The van der Waals surface area contributed by atoms with E-state index in [0.29, 0.717) is 56.2 Å². The van der Waals surface area contributed by atoms with E-state index in [1.165, 1.54) is 12.1 Å². The molecule has 2 heterocycles. The maximum Gasteiger partial charge on any atom is 0.226 e. The van der Waals surface area contributed by atoms with Crippen LogP contribution in [0.3, 0.4) is 0 Å². The number of piperidine rings is 1. The van der Waals surface area contributed by atoms with E-state index in [-0.39, 0.29) is 23.5 Å². The zero-order valence-electron chi connectivity index (χ0n) is 17.4. The zero-order chi connectivity index (χ0) is 21.3. The van der Waals surface area contributed by atoms with Crippen molar-refractivity contribution in [1.29, 1.82) is 0 Å². The van der Waals surface area contributed by atoms with Crippen LogP contribution in [0.2, 0.25) is 0 Å². The Labute approximate surface area is 176 Å². The number of aryl methyl sites for hydroxylation is 1. The third-order valence-corrected chi connectivity index (χ3v) is 5.33. The third-order valence-electron chi connectivity index (χ3n) is 5.33. The van der Waals surface area contributed by atoms with Crippen LogP contribution in [0.5, 0.6) is 0 Å². The fourth-order valence-corrected chi connectivity index (χ4v) is 3.57. The number of amides is 2. The van der Waals surface area contributed by atoms with Gasteiger partial charge in [-0.3, -0.25) is 9.59 Å². The minimum Gasteiger partial charge on any atom is -0.356 e. The molecule has 1 aliphatic heterocycles. The van der Waals surface area contributed by atoms with Gasteiger partial charge in [0.1, 0.15) is 5.82 Å². The average Bonchev–Trinajstić information content (AvgIpc) is 3.23. The molecule has 7 nitrogen and oxygen atoms in total. The van der Waals surface area contributed by atoms with Crippen LogP contribution in [-0.2, 0) is 16.0 Å². The Morgan fingerprint density at radius 2 is 2.07 bits per heavy atom. The number of aromatic nitrogens is 2. The molecule has 1 atom stereocenters. The van der Waals surface area contributed by atoms with Gasteiger partial charge in [0, 0.05) is 38.0 Å². The monoisotopic (exact) mass is 416 g/mol. The van der Waals surface area contributed by atoms with Gasteiger partial charge in [-0.15, -0.1) is 0 Å². The quantitative estimate of drug-likeness (QED) is 0.634. The predicted molar refractivity (Wildman–Crippen MR) is 110 cm³/mol. The largest absolute Gasteiger partial charge is 0.356 e. The Morgan fingerprint density at radius 3 is 2.83 bits per heavy atom. The van der Waals surface area contributed by atoms with Gasteiger partial charge in [-0.05, 0) is 49.9 Å². The molecule has 0 radical (unpaired) electrons. The minimum absolute atomic E-state index is 0.0549. The van der Waals surface area contributed by atoms with E-state index in [1.54, 1.807) is 17.0 Å². The summed E-state index contributed by atoms with van der Waals surface area (Å²) in [5.41, 5.74) is 0.680. The van der Waals surface area contributed by atoms with Gasteiger partial charge >= 0.3 is 0 Å². The Kier molecular flexibility index (Phi) is 7.93. The number of carbonyl (C=O) groups excluding carboxylic acids is 2. The van der Waals surface area contributed by atoms with E-state index < -0.39 is 0 Å². The summed E-state index contributed by atoms with van der Waals surface area (Å²) in [5.74, 6) is 0.533. The van der Waals surface area contributed by atoms with E-state index in [4.69, 9.17) is 4.52 Å². The van der Waals surface area contributed by atoms with Crippen molar-refractivity contribution in [2.24, 2.45) is 5.92 Å². The molecule has 2 amide bonds. The highest BCUT2D eigenvalue weighted by molar-refractivity contribution is 5.81. The van der Waals surface area contributed by atoms with Gasteiger partial charge in [-0.1, -0.05) is 18.5 Å². The molecule has 162 valence electrons. The second-order valence-electron chi connectivity index (χ2n) is 7.70. The molecule has 1 N–H and O–H groups in total. The number of nitrogens with zero attached hydrogens (tertiary/aromatic N) is 3. The van der Waals surface area contributed by atoms with E-state index in [2.05, 4.69) is 22.4 Å². The van der Waals surface area contributed by atoms with Gasteiger partial charge in [0.15, 0.2) is 0 Å². The summed E-state index contributed by atoms with van der Waals surface area (Å²) in [5, 5.41) is 6.89.